The Kier molecular flexibility index (Phi) is 7.19. The molecule has 0 saturated heterocycles. The third-order valence-corrected chi connectivity index (χ3v) is 5.21. The van der Waals surface area contributed by atoms with Gasteiger partial charge in [-0.05, 0) is 74.5 Å². The molecule has 1 heterocycles. The molecule has 30 heavy (non-hydrogen) atoms. The first-order valence-corrected chi connectivity index (χ1v) is 10.5. The lowest BCUT2D eigenvalue weighted by atomic mass is 10.1. The van der Waals surface area contributed by atoms with Gasteiger partial charge in [-0.3, -0.25) is 9.59 Å². The van der Waals surface area contributed by atoms with Gasteiger partial charge in [-0.25, -0.2) is 9.97 Å². The van der Waals surface area contributed by atoms with Crippen molar-refractivity contribution in [1.29, 1.82) is 0 Å². The van der Waals surface area contributed by atoms with Crippen LogP contribution in [-0.4, -0.2) is 28.3 Å². The fourth-order valence-corrected chi connectivity index (χ4v) is 3.75. The largest absolute Gasteiger partial charge is 0.352 e. The maximum Gasteiger partial charge on any atom is 0.251 e. The highest BCUT2D eigenvalue weighted by atomic mass is 32.2. The highest BCUT2D eigenvalue weighted by Crippen LogP contribution is 2.26. The van der Waals surface area contributed by atoms with Crippen LogP contribution in [0.3, 0.4) is 0 Å². The maximum absolute atomic E-state index is 12.2. The Morgan fingerprint density at radius 3 is 2.27 bits per heavy atom. The summed E-state index contributed by atoms with van der Waals surface area (Å²) in [7, 11) is 0. The number of carbonyl (C=O) groups excluding carboxylic acids is 2. The van der Waals surface area contributed by atoms with Crippen molar-refractivity contribution in [2.45, 2.75) is 37.2 Å². The Hall–Kier alpha value is -3.19. The zero-order valence-electron chi connectivity index (χ0n) is 17.2. The number of anilines is 1. The third-order valence-electron chi connectivity index (χ3n) is 4.34. The monoisotopic (exact) mass is 420 g/mol. The summed E-state index contributed by atoms with van der Waals surface area (Å²) in [6, 6.07) is 16.8. The van der Waals surface area contributed by atoms with E-state index in [0.29, 0.717) is 16.4 Å². The summed E-state index contributed by atoms with van der Waals surface area (Å²) in [5.41, 5.74) is 4.10. The lowest BCUT2D eigenvalue weighted by Gasteiger charge is -2.09. The Morgan fingerprint density at radius 1 is 0.933 bits per heavy atom. The third kappa shape index (κ3) is 6.15. The number of carbonyl (C=O) groups is 2. The van der Waals surface area contributed by atoms with Crippen LogP contribution in [0.15, 0.2) is 64.6 Å². The van der Waals surface area contributed by atoms with E-state index in [1.165, 1.54) is 11.8 Å². The second kappa shape index (κ2) is 10.0. The van der Waals surface area contributed by atoms with Gasteiger partial charge in [0.25, 0.3) is 5.91 Å². The molecule has 0 atom stereocenters. The molecular weight excluding hydrogens is 396 g/mol. The zero-order valence-corrected chi connectivity index (χ0v) is 18.0. The van der Waals surface area contributed by atoms with E-state index < -0.39 is 0 Å². The molecule has 0 aliphatic rings. The van der Waals surface area contributed by atoms with Crippen molar-refractivity contribution in [1.82, 2.24) is 15.3 Å². The Balaban J connectivity index is 1.47. The quantitative estimate of drug-likeness (QED) is 0.557. The Labute approximate surface area is 180 Å². The van der Waals surface area contributed by atoms with Gasteiger partial charge >= 0.3 is 0 Å². The minimum atomic E-state index is -0.170. The zero-order chi connectivity index (χ0) is 21.5. The van der Waals surface area contributed by atoms with Crippen LogP contribution in [0.1, 0.15) is 33.7 Å². The molecule has 7 heteroatoms. The number of aromatic nitrogens is 2. The van der Waals surface area contributed by atoms with Crippen LogP contribution in [0.5, 0.6) is 0 Å². The number of rotatable bonds is 7. The first-order chi connectivity index (χ1) is 14.4. The minimum absolute atomic E-state index is 0.155. The van der Waals surface area contributed by atoms with Gasteiger partial charge in [0.15, 0.2) is 5.16 Å². The molecule has 2 N–H and O–H groups in total. The number of nitrogens with zero attached hydrogens (tertiary/aromatic N) is 2. The van der Waals surface area contributed by atoms with Crippen LogP contribution in [0.25, 0.3) is 0 Å². The van der Waals surface area contributed by atoms with E-state index in [1.807, 2.05) is 69.3 Å². The second-order valence-corrected chi connectivity index (χ2v) is 7.97. The molecule has 6 nitrogen and oxygen atoms in total. The summed E-state index contributed by atoms with van der Waals surface area (Å²) in [5.74, 6) is -0.325. The smallest absolute Gasteiger partial charge is 0.251 e. The predicted molar refractivity (Wildman–Crippen MR) is 119 cm³/mol. The van der Waals surface area contributed by atoms with Gasteiger partial charge in [0, 0.05) is 40.5 Å². The van der Waals surface area contributed by atoms with Gasteiger partial charge in [0.05, 0.1) is 0 Å². The minimum Gasteiger partial charge on any atom is -0.352 e. The van der Waals surface area contributed by atoms with E-state index in [-0.39, 0.29) is 24.8 Å². The Morgan fingerprint density at radius 2 is 1.60 bits per heavy atom. The van der Waals surface area contributed by atoms with Gasteiger partial charge < -0.3 is 10.6 Å². The number of benzene rings is 2. The molecule has 2 amide bonds. The van der Waals surface area contributed by atoms with Crippen molar-refractivity contribution >= 4 is 29.3 Å². The molecule has 0 spiro atoms. The maximum atomic E-state index is 12.2. The summed E-state index contributed by atoms with van der Waals surface area (Å²) in [6.45, 7) is 6.05. The van der Waals surface area contributed by atoms with Crippen molar-refractivity contribution < 1.29 is 9.59 Å². The molecule has 0 radical (unpaired) electrons. The van der Waals surface area contributed by atoms with Crippen LogP contribution in [0.4, 0.5) is 5.69 Å². The predicted octanol–water partition coefficient (Wildman–Crippen LogP) is 4.31. The standard InChI is InChI=1S/C23H24N4O2S/c1-15-6-4-5-7-20(15)22(29)24-13-12-21(28)27-18-8-10-19(11-9-18)30-23-25-16(2)14-17(3)26-23/h4-11,14H,12-13H2,1-3H3,(H,24,29)(H,27,28). The van der Waals surface area contributed by atoms with Crippen molar-refractivity contribution in [2.24, 2.45) is 0 Å². The molecule has 3 rings (SSSR count). The summed E-state index contributed by atoms with van der Waals surface area (Å²) >= 11 is 1.48. The molecule has 0 unspecified atom stereocenters. The van der Waals surface area contributed by atoms with Crippen LogP contribution in [0.2, 0.25) is 0 Å². The molecule has 3 aromatic rings. The molecule has 0 aliphatic heterocycles. The van der Waals surface area contributed by atoms with Crippen molar-refractivity contribution in [3.63, 3.8) is 0 Å². The summed E-state index contributed by atoms with van der Waals surface area (Å²) in [6.07, 6.45) is 0.199. The molecule has 0 aliphatic carbocycles. The number of amides is 2. The van der Waals surface area contributed by atoms with E-state index in [4.69, 9.17) is 0 Å². The van der Waals surface area contributed by atoms with Crippen LogP contribution in [-0.2, 0) is 4.79 Å². The van der Waals surface area contributed by atoms with Crippen LogP contribution < -0.4 is 10.6 Å². The number of hydrogen-bond donors (Lipinski definition) is 2. The Bertz CT molecular complexity index is 1030. The second-order valence-electron chi connectivity index (χ2n) is 6.93. The lowest BCUT2D eigenvalue weighted by molar-refractivity contribution is -0.116. The first-order valence-electron chi connectivity index (χ1n) is 9.64. The fraction of sp³-hybridized carbons (Fsp3) is 0.217. The number of aryl methyl sites for hydroxylation is 3. The van der Waals surface area contributed by atoms with Crippen molar-refractivity contribution in [3.8, 4) is 0 Å². The average Bonchev–Trinajstić information content (AvgIpc) is 2.69. The van der Waals surface area contributed by atoms with Crippen molar-refractivity contribution in [2.75, 3.05) is 11.9 Å². The summed E-state index contributed by atoms with van der Waals surface area (Å²) in [5, 5.41) is 6.33. The molecule has 0 bridgehead atoms. The van der Waals surface area contributed by atoms with E-state index in [9.17, 15) is 9.59 Å². The topological polar surface area (TPSA) is 84.0 Å². The summed E-state index contributed by atoms with van der Waals surface area (Å²) < 4.78 is 0. The van der Waals surface area contributed by atoms with E-state index in [0.717, 1.165) is 21.8 Å². The lowest BCUT2D eigenvalue weighted by Crippen LogP contribution is -2.28. The van der Waals surface area contributed by atoms with E-state index in [1.54, 1.807) is 6.07 Å². The van der Waals surface area contributed by atoms with Crippen molar-refractivity contribution in [3.05, 3.63) is 77.1 Å². The average molecular weight is 421 g/mol. The van der Waals surface area contributed by atoms with Gasteiger partial charge in [0.1, 0.15) is 0 Å². The first kappa shape index (κ1) is 21.5. The SMILES string of the molecule is Cc1cc(C)nc(Sc2ccc(NC(=O)CCNC(=O)c3ccccc3C)cc2)n1. The van der Waals surface area contributed by atoms with Gasteiger partial charge in [-0.1, -0.05) is 18.2 Å². The molecule has 2 aromatic carbocycles. The highest BCUT2D eigenvalue weighted by Gasteiger charge is 2.09. The molecule has 0 saturated carbocycles. The van der Waals surface area contributed by atoms with E-state index >= 15 is 0 Å². The van der Waals surface area contributed by atoms with Gasteiger partial charge in [-0.2, -0.15) is 0 Å². The van der Waals surface area contributed by atoms with Crippen LogP contribution >= 0.6 is 11.8 Å². The summed E-state index contributed by atoms with van der Waals surface area (Å²) in [4.78, 5) is 34.2. The van der Waals surface area contributed by atoms with Gasteiger partial charge in [-0.15, -0.1) is 0 Å². The molecule has 0 fully saturated rings. The molecule has 1 aromatic heterocycles. The van der Waals surface area contributed by atoms with Gasteiger partial charge in [0.2, 0.25) is 5.91 Å². The molecule has 154 valence electrons. The van der Waals surface area contributed by atoms with E-state index in [2.05, 4.69) is 20.6 Å². The highest BCUT2D eigenvalue weighted by molar-refractivity contribution is 7.99. The normalized spacial score (nSPS) is 10.5. The fourth-order valence-electron chi connectivity index (χ4n) is 2.89. The molecular formula is C23H24N4O2S. The number of nitrogens with one attached hydrogen (secondary N) is 2. The number of hydrogen-bond acceptors (Lipinski definition) is 5. The van der Waals surface area contributed by atoms with Crippen LogP contribution in [0, 0.1) is 20.8 Å².